The molecule has 0 aliphatic heterocycles. The van der Waals surface area contributed by atoms with Crippen LogP contribution in [-0.2, 0) is 0 Å². The predicted octanol–water partition coefficient (Wildman–Crippen LogP) is 3.54. The minimum atomic E-state index is -1.64. The van der Waals surface area contributed by atoms with Crippen molar-refractivity contribution in [3.05, 3.63) is 57.7 Å². The Morgan fingerprint density at radius 1 is 1.18 bits per heavy atom. The maximum atomic E-state index is 13.4. The Morgan fingerprint density at radius 2 is 1.76 bits per heavy atom. The topological polar surface area (TPSA) is 33.4 Å². The SMILES string of the molecule is OC(c1occc1Br)c1c(F)cc(F)cc1F. The molecule has 1 atom stereocenters. The van der Waals surface area contributed by atoms with E-state index < -0.39 is 29.1 Å². The molecule has 0 aliphatic rings. The van der Waals surface area contributed by atoms with E-state index in [0.29, 0.717) is 16.6 Å². The van der Waals surface area contributed by atoms with Crippen molar-refractivity contribution in [2.75, 3.05) is 0 Å². The lowest BCUT2D eigenvalue weighted by atomic mass is 10.1. The average Bonchev–Trinajstić information content (AvgIpc) is 2.62. The third-order valence-corrected chi connectivity index (χ3v) is 2.87. The van der Waals surface area contributed by atoms with Crippen molar-refractivity contribution in [1.82, 2.24) is 0 Å². The van der Waals surface area contributed by atoms with E-state index in [4.69, 9.17) is 4.42 Å². The molecule has 0 amide bonds. The fraction of sp³-hybridized carbons (Fsp3) is 0.0909. The zero-order valence-electron chi connectivity index (χ0n) is 8.25. The Balaban J connectivity index is 2.51. The number of rotatable bonds is 2. The van der Waals surface area contributed by atoms with Crippen LogP contribution in [0.2, 0.25) is 0 Å². The van der Waals surface area contributed by atoms with E-state index in [1.54, 1.807) is 0 Å². The van der Waals surface area contributed by atoms with Crippen LogP contribution in [0.15, 0.2) is 33.4 Å². The molecule has 17 heavy (non-hydrogen) atoms. The smallest absolute Gasteiger partial charge is 0.151 e. The van der Waals surface area contributed by atoms with Gasteiger partial charge in [-0.25, -0.2) is 13.2 Å². The summed E-state index contributed by atoms with van der Waals surface area (Å²) < 4.78 is 44.7. The fourth-order valence-corrected chi connectivity index (χ4v) is 1.86. The van der Waals surface area contributed by atoms with Crippen LogP contribution in [-0.4, -0.2) is 5.11 Å². The molecular formula is C11H6BrF3O2. The van der Waals surface area contributed by atoms with Gasteiger partial charge in [0.1, 0.15) is 23.6 Å². The number of halogens is 4. The van der Waals surface area contributed by atoms with Gasteiger partial charge in [0.2, 0.25) is 0 Å². The molecule has 1 aromatic carbocycles. The van der Waals surface area contributed by atoms with E-state index >= 15 is 0 Å². The van der Waals surface area contributed by atoms with Crippen LogP contribution in [0.1, 0.15) is 17.4 Å². The van der Waals surface area contributed by atoms with Gasteiger partial charge in [-0.05, 0) is 22.0 Å². The van der Waals surface area contributed by atoms with E-state index in [9.17, 15) is 18.3 Å². The molecule has 0 spiro atoms. The lowest BCUT2D eigenvalue weighted by Gasteiger charge is -2.11. The summed E-state index contributed by atoms with van der Waals surface area (Å²) in [6, 6.07) is 2.47. The first-order valence-electron chi connectivity index (χ1n) is 4.56. The Labute approximate surface area is 103 Å². The van der Waals surface area contributed by atoms with E-state index in [2.05, 4.69) is 15.9 Å². The van der Waals surface area contributed by atoms with Gasteiger partial charge in [0.25, 0.3) is 0 Å². The molecule has 2 rings (SSSR count). The fourth-order valence-electron chi connectivity index (χ4n) is 1.45. The lowest BCUT2D eigenvalue weighted by molar-refractivity contribution is 0.178. The second-order valence-corrected chi connectivity index (χ2v) is 4.17. The second-order valence-electron chi connectivity index (χ2n) is 3.32. The molecule has 0 bridgehead atoms. The van der Waals surface area contributed by atoms with Gasteiger partial charge in [-0.2, -0.15) is 0 Å². The number of aliphatic hydroxyl groups excluding tert-OH is 1. The highest BCUT2D eigenvalue weighted by atomic mass is 79.9. The quantitative estimate of drug-likeness (QED) is 0.920. The largest absolute Gasteiger partial charge is 0.465 e. The first-order valence-corrected chi connectivity index (χ1v) is 5.35. The molecule has 0 radical (unpaired) electrons. The van der Waals surface area contributed by atoms with Crippen LogP contribution in [0, 0.1) is 17.5 Å². The molecule has 0 aliphatic carbocycles. The molecule has 0 saturated carbocycles. The molecule has 90 valence electrons. The molecule has 1 N–H and O–H groups in total. The minimum absolute atomic E-state index is 0.0468. The third-order valence-electron chi connectivity index (χ3n) is 2.21. The van der Waals surface area contributed by atoms with Crippen molar-refractivity contribution in [3.8, 4) is 0 Å². The molecule has 0 fully saturated rings. The van der Waals surface area contributed by atoms with E-state index in [0.717, 1.165) is 0 Å². The Morgan fingerprint density at radius 3 is 2.24 bits per heavy atom. The van der Waals surface area contributed by atoms with Crippen LogP contribution in [0.4, 0.5) is 13.2 Å². The van der Waals surface area contributed by atoms with Gasteiger partial charge in [0.05, 0.1) is 16.3 Å². The third kappa shape index (κ3) is 2.23. The molecule has 1 aromatic heterocycles. The Hall–Kier alpha value is -1.27. The Kier molecular flexibility index (Phi) is 3.26. The molecular weight excluding hydrogens is 301 g/mol. The van der Waals surface area contributed by atoms with Crippen LogP contribution in [0.25, 0.3) is 0 Å². The van der Waals surface area contributed by atoms with Crippen molar-refractivity contribution in [2.45, 2.75) is 6.10 Å². The van der Waals surface area contributed by atoms with E-state index in [-0.39, 0.29) is 5.76 Å². The summed E-state index contributed by atoms with van der Waals surface area (Å²) in [6.45, 7) is 0. The van der Waals surface area contributed by atoms with Crippen LogP contribution < -0.4 is 0 Å². The molecule has 1 heterocycles. The zero-order chi connectivity index (χ0) is 12.6. The van der Waals surface area contributed by atoms with Gasteiger partial charge in [-0.15, -0.1) is 0 Å². The average molecular weight is 307 g/mol. The second kappa shape index (κ2) is 4.54. The van der Waals surface area contributed by atoms with Crippen molar-refractivity contribution in [3.63, 3.8) is 0 Å². The first kappa shape index (κ1) is 12.2. The van der Waals surface area contributed by atoms with Crippen molar-refractivity contribution < 1.29 is 22.7 Å². The molecule has 1 unspecified atom stereocenters. The minimum Gasteiger partial charge on any atom is -0.465 e. The van der Waals surface area contributed by atoms with Crippen LogP contribution in [0.3, 0.4) is 0 Å². The monoisotopic (exact) mass is 306 g/mol. The highest BCUT2D eigenvalue weighted by Gasteiger charge is 2.24. The van der Waals surface area contributed by atoms with Gasteiger partial charge in [-0.3, -0.25) is 0 Å². The summed E-state index contributed by atoms with van der Waals surface area (Å²) in [5.74, 6) is -3.43. The van der Waals surface area contributed by atoms with Gasteiger partial charge in [0, 0.05) is 12.1 Å². The summed E-state index contributed by atoms with van der Waals surface area (Å²) in [5, 5.41) is 9.79. The maximum Gasteiger partial charge on any atom is 0.151 e. The molecule has 6 heteroatoms. The zero-order valence-corrected chi connectivity index (χ0v) is 9.84. The van der Waals surface area contributed by atoms with Crippen LogP contribution >= 0.6 is 15.9 Å². The van der Waals surface area contributed by atoms with Crippen LogP contribution in [0.5, 0.6) is 0 Å². The molecule has 0 saturated heterocycles. The van der Waals surface area contributed by atoms with Gasteiger partial charge in [0.15, 0.2) is 5.76 Å². The first-order chi connectivity index (χ1) is 8.00. The lowest BCUT2D eigenvalue weighted by Crippen LogP contribution is -2.06. The van der Waals surface area contributed by atoms with Gasteiger partial charge in [-0.1, -0.05) is 0 Å². The van der Waals surface area contributed by atoms with Gasteiger partial charge < -0.3 is 9.52 Å². The summed E-state index contributed by atoms with van der Waals surface area (Å²) in [7, 11) is 0. The number of furan rings is 1. The van der Waals surface area contributed by atoms with Gasteiger partial charge >= 0.3 is 0 Å². The number of benzene rings is 1. The summed E-state index contributed by atoms with van der Waals surface area (Å²) in [5.41, 5.74) is -0.651. The van der Waals surface area contributed by atoms with Crippen molar-refractivity contribution in [1.29, 1.82) is 0 Å². The number of aliphatic hydroxyl groups is 1. The highest BCUT2D eigenvalue weighted by Crippen LogP contribution is 2.32. The summed E-state index contributed by atoms with van der Waals surface area (Å²) >= 11 is 3.06. The summed E-state index contributed by atoms with van der Waals surface area (Å²) in [6.07, 6.45) is -0.387. The van der Waals surface area contributed by atoms with E-state index in [1.165, 1.54) is 12.3 Å². The molecule has 2 nitrogen and oxygen atoms in total. The van der Waals surface area contributed by atoms with E-state index in [1.807, 2.05) is 0 Å². The number of hydrogen-bond acceptors (Lipinski definition) is 2. The predicted molar refractivity (Wildman–Crippen MR) is 56.8 cm³/mol. The van der Waals surface area contributed by atoms with Crippen molar-refractivity contribution in [2.24, 2.45) is 0 Å². The maximum absolute atomic E-state index is 13.4. The molecule has 2 aromatic rings. The normalized spacial score (nSPS) is 12.8. The van der Waals surface area contributed by atoms with Crippen molar-refractivity contribution >= 4 is 15.9 Å². The highest BCUT2D eigenvalue weighted by molar-refractivity contribution is 9.10. The Bertz CT molecular complexity index is 530. The standard InChI is InChI=1S/C11H6BrF3O2/c12-6-1-2-17-11(6)10(16)9-7(14)3-5(13)4-8(9)15/h1-4,10,16H. The number of hydrogen-bond donors (Lipinski definition) is 1. The summed E-state index contributed by atoms with van der Waals surface area (Å²) in [4.78, 5) is 0.